The summed E-state index contributed by atoms with van der Waals surface area (Å²) in [5, 5.41) is 9.76. The van der Waals surface area contributed by atoms with Gasteiger partial charge in [0.05, 0.1) is 33.0 Å². The fourth-order valence-electron chi connectivity index (χ4n) is 4.80. The molecular formula is C24H29ClN8OS2. The van der Waals surface area contributed by atoms with Crippen LogP contribution >= 0.6 is 23.4 Å². The molecule has 5 rings (SSSR count). The van der Waals surface area contributed by atoms with Crippen LogP contribution in [0.15, 0.2) is 46.7 Å². The van der Waals surface area contributed by atoms with Crippen molar-refractivity contribution < 1.29 is 4.21 Å². The number of nitrogen functional groups attached to an aromatic ring is 1. The van der Waals surface area contributed by atoms with Crippen LogP contribution in [0.3, 0.4) is 0 Å². The lowest BCUT2D eigenvalue weighted by Gasteiger charge is -2.43. The Bertz CT molecular complexity index is 1280. The SMILES string of the molecule is CC(C)(C)S(=O)N[C@@H]1c2cccnc2CC12CCN(c1ncc(Sc3ccnc(N)c3Cl)nn1)CC2. The van der Waals surface area contributed by atoms with E-state index in [9.17, 15) is 4.21 Å². The van der Waals surface area contributed by atoms with Gasteiger partial charge in [0.1, 0.15) is 10.8 Å². The number of anilines is 2. The molecule has 3 N–H and O–H groups in total. The minimum Gasteiger partial charge on any atom is -0.382 e. The van der Waals surface area contributed by atoms with Gasteiger partial charge in [-0.15, -0.1) is 10.2 Å². The fraction of sp³-hybridized carbons (Fsp3) is 0.458. The Balaban J connectivity index is 1.29. The average Bonchev–Trinajstić information content (AvgIpc) is 3.15. The lowest BCUT2D eigenvalue weighted by molar-refractivity contribution is 0.176. The number of fused-ring (bicyclic) bond motifs is 1. The zero-order valence-corrected chi connectivity index (χ0v) is 22.8. The van der Waals surface area contributed by atoms with Crippen LogP contribution in [0.4, 0.5) is 11.8 Å². The Morgan fingerprint density at radius 3 is 2.64 bits per heavy atom. The molecule has 2 atom stereocenters. The number of nitrogens with zero attached hydrogens (tertiary/aromatic N) is 6. The molecule has 1 fully saturated rings. The Hall–Kier alpha value is -2.34. The third kappa shape index (κ3) is 4.93. The number of aromatic nitrogens is 5. The molecular weight excluding hydrogens is 516 g/mol. The molecule has 4 heterocycles. The first-order valence-corrected chi connectivity index (χ1v) is 14.2. The maximum atomic E-state index is 13.1. The van der Waals surface area contributed by atoms with Gasteiger partial charge < -0.3 is 10.6 Å². The van der Waals surface area contributed by atoms with Crippen molar-refractivity contribution >= 4 is 46.1 Å². The lowest BCUT2D eigenvalue weighted by atomic mass is 9.73. The molecule has 0 bridgehead atoms. The van der Waals surface area contributed by atoms with Gasteiger partial charge in [-0.05, 0) is 63.1 Å². The molecule has 1 saturated heterocycles. The summed E-state index contributed by atoms with van der Waals surface area (Å²) in [6.45, 7) is 7.56. The second-order valence-electron chi connectivity index (χ2n) is 10.2. The molecule has 1 unspecified atom stereocenters. The molecule has 1 aliphatic carbocycles. The van der Waals surface area contributed by atoms with Gasteiger partial charge in [0.2, 0.25) is 5.95 Å². The largest absolute Gasteiger partial charge is 0.382 e. The zero-order chi connectivity index (χ0) is 25.5. The van der Waals surface area contributed by atoms with Crippen molar-refractivity contribution in [3.63, 3.8) is 0 Å². The van der Waals surface area contributed by atoms with Gasteiger partial charge in [-0.1, -0.05) is 29.4 Å². The van der Waals surface area contributed by atoms with Gasteiger partial charge in [-0.2, -0.15) is 0 Å². The monoisotopic (exact) mass is 544 g/mol. The molecule has 3 aromatic heterocycles. The van der Waals surface area contributed by atoms with Crippen molar-refractivity contribution in [3.05, 3.63) is 53.1 Å². The van der Waals surface area contributed by atoms with E-state index in [4.69, 9.17) is 17.3 Å². The summed E-state index contributed by atoms with van der Waals surface area (Å²) in [4.78, 5) is 16.1. The zero-order valence-electron chi connectivity index (χ0n) is 20.4. The van der Waals surface area contributed by atoms with Gasteiger partial charge >= 0.3 is 0 Å². The van der Waals surface area contributed by atoms with Crippen LogP contribution in [0.5, 0.6) is 0 Å². The van der Waals surface area contributed by atoms with E-state index in [1.807, 2.05) is 33.0 Å². The summed E-state index contributed by atoms with van der Waals surface area (Å²) in [5.74, 6) is 0.885. The van der Waals surface area contributed by atoms with E-state index in [1.165, 1.54) is 17.3 Å². The summed E-state index contributed by atoms with van der Waals surface area (Å²) in [6, 6.07) is 5.87. The first kappa shape index (κ1) is 25.3. The first-order valence-electron chi connectivity index (χ1n) is 11.8. The second-order valence-corrected chi connectivity index (χ2v) is 13.6. The Morgan fingerprint density at radius 2 is 1.94 bits per heavy atom. The number of nitrogens with two attached hydrogens (primary N) is 1. The van der Waals surface area contributed by atoms with Crippen molar-refractivity contribution in [2.24, 2.45) is 5.41 Å². The lowest BCUT2D eigenvalue weighted by Crippen LogP contribution is -2.48. The summed E-state index contributed by atoms with van der Waals surface area (Å²) in [5.41, 5.74) is 8.01. The van der Waals surface area contributed by atoms with E-state index >= 15 is 0 Å². The molecule has 1 aliphatic heterocycles. The first-order chi connectivity index (χ1) is 17.2. The van der Waals surface area contributed by atoms with Gasteiger partial charge in [-0.25, -0.2) is 18.9 Å². The van der Waals surface area contributed by atoms with Gasteiger partial charge in [0.25, 0.3) is 0 Å². The molecule has 36 heavy (non-hydrogen) atoms. The normalized spacial score (nSPS) is 19.9. The van der Waals surface area contributed by atoms with Crippen LogP contribution in [-0.2, 0) is 17.4 Å². The van der Waals surface area contributed by atoms with Crippen LogP contribution in [0, 0.1) is 5.41 Å². The summed E-state index contributed by atoms with van der Waals surface area (Å²) >= 11 is 7.59. The minimum absolute atomic E-state index is 0.00113. The highest BCUT2D eigenvalue weighted by Crippen LogP contribution is 2.52. The predicted octanol–water partition coefficient (Wildman–Crippen LogP) is 3.98. The standard InChI is InChI=1S/C24H29ClN8OS2/c1-23(2,3)36(34)32-20-15-5-4-9-27-16(15)13-24(20)7-11-33(12-8-24)22-29-14-18(30-31-22)35-17-6-10-28-21(26)19(17)25/h4-6,9-10,14,20,32H,7-8,11-13H2,1-3H3,(H2,26,28)/t20-,36?/m1/s1. The number of hydrogen-bond acceptors (Lipinski definition) is 9. The van der Waals surface area contributed by atoms with Crippen molar-refractivity contribution in [1.29, 1.82) is 0 Å². The van der Waals surface area contributed by atoms with E-state index in [1.54, 1.807) is 18.5 Å². The fourth-order valence-corrected chi connectivity index (χ4v) is 6.71. The smallest absolute Gasteiger partial charge is 0.245 e. The molecule has 3 aromatic rings. The minimum atomic E-state index is -1.18. The van der Waals surface area contributed by atoms with Crippen molar-refractivity contribution in [1.82, 2.24) is 29.9 Å². The third-order valence-corrected chi connectivity index (χ3v) is 9.84. The Labute approximate surface area is 222 Å². The molecule has 0 amide bonds. The van der Waals surface area contributed by atoms with Gasteiger partial charge in [0.15, 0.2) is 0 Å². The maximum Gasteiger partial charge on any atom is 0.245 e. The van der Waals surface area contributed by atoms with Crippen LogP contribution in [-0.4, -0.2) is 47.2 Å². The number of nitrogens with one attached hydrogen (secondary N) is 1. The highest BCUT2D eigenvalue weighted by atomic mass is 35.5. The molecule has 0 aromatic carbocycles. The van der Waals surface area contributed by atoms with E-state index in [-0.39, 0.29) is 22.0 Å². The van der Waals surface area contributed by atoms with Crippen LogP contribution < -0.4 is 15.4 Å². The summed E-state index contributed by atoms with van der Waals surface area (Å²) < 4.78 is 16.2. The summed E-state index contributed by atoms with van der Waals surface area (Å²) in [6.07, 6.45) is 7.86. The molecule has 12 heteroatoms. The van der Waals surface area contributed by atoms with Crippen molar-refractivity contribution in [3.8, 4) is 0 Å². The number of halogens is 1. The topological polar surface area (TPSA) is 123 Å². The van der Waals surface area contributed by atoms with E-state index in [0.29, 0.717) is 16.0 Å². The Kier molecular flexibility index (Phi) is 6.92. The molecule has 1 spiro atoms. The highest BCUT2D eigenvalue weighted by Gasteiger charge is 2.49. The van der Waals surface area contributed by atoms with E-state index in [0.717, 1.165) is 42.9 Å². The molecule has 190 valence electrons. The van der Waals surface area contributed by atoms with E-state index in [2.05, 4.69) is 40.8 Å². The molecule has 0 radical (unpaired) electrons. The number of piperidine rings is 1. The van der Waals surface area contributed by atoms with Crippen molar-refractivity contribution in [2.75, 3.05) is 23.7 Å². The molecule has 2 aliphatic rings. The number of pyridine rings is 2. The van der Waals surface area contributed by atoms with Crippen LogP contribution in [0.1, 0.15) is 50.9 Å². The van der Waals surface area contributed by atoms with Crippen LogP contribution in [0.25, 0.3) is 0 Å². The number of rotatable bonds is 5. The third-order valence-electron chi connectivity index (χ3n) is 6.82. The highest BCUT2D eigenvalue weighted by molar-refractivity contribution is 7.99. The average molecular weight is 545 g/mol. The van der Waals surface area contributed by atoms with Gasteiger partial charge in [0, 0.05) is 36.1 Å². The predicted molar refractivity (Wildman–Crippen MR) is 143 cm³/mol. The quantitative estimate of drug-likeness (QED) is 0.490. The van der Waals surface area contributed by atoms with Crippen LogP contribution in [0.2, 0.25) is 5.02 Å². The van der Waals surface area contributed by atoms with E-state index < -0.39 is 11.0 Å². The number of hydrogen-bond donors (Lipinski definition) is 2. The molecule has 0 saturated carbocycles. The van der Waals surface area contributed by atoms with Gasteiger partial charge in [-0.3, -0.25) is 4.98 Å². The summed E-state index contributed by atoms with van der Waals surface area (Å²) in [7, 11) is -1.18. The Morgan fingerprint density at radius 1 is 1.17 bits per heavy atom. The maximum absolute atomic E-state index is 13.1. The van der Waals surface area contributed by atoms with Crippen molar-refractivity contribution in [2.45, 2.75) is 60.7 Å². The second kappa shape index (κ2) is 9.85. The molecule has 9 nitrogen and oxygen atoms in total.